The average molecular weight is 366 g/mol. The molecule has 4 heteroatoms. The molecule has 2 aromatic rings. The van der Waals surface area contributed by atoms with E-state index in [1.54, 1.807) is 0 Å². The molecule has 0 saturated carbocycles. The Morgan fingerprint density at radius 2 is 1.77 bits per heavy atom. The van der Waals surface area contributed by atoms with Crippen molar-refractivity contribution in [3.8, 4) is 0 Å². The van der Waals surface area contributed by atoms with Gasteiger partial charge in [-0.25, -0.2) is 0 Å². The summed E-state index contributed by atoms with van der Waals surface area (Å²) < 4.78 is 0. The quantitative estimate of drug-likeness (QED) is 0.844. The van der Waals surface area contributed by atoms with Gasteiger partial charge in [-0.15, -0.1) is 0 Å². The van der Waals surface area contributed by atoms with Gasteiger partial charge in [-0.2, -0.15) is 11.8 Å². The molecule has 0 atom stereocenters. The zero-order chi connectivity index (χ0) is 18.0. The molecule has 2 aliphatic heterocycles. The highest BCUT2D eigenvalue weighted by Crippen LogP contribution is 2.44. The van der Waals surface area contributed by atoms with Crippen LogP contribution in [-0.2, 0) is 13.0 Å². The van der Waals surface area contributed by atoms with Gasteiger partial charge < -0.3 is 10.2 Å². The van der Waals surface area contributed by atoms with Crippen LogP contribution in [0.2, 0.25) is 0 Å². The Balaban J connectivity index is 1.60. The molecular weight excluding hydrogens is 338 g/mol. The van der Waals surface area contributed by atoms with Gasteiger partial charge in [0.05, 0.1) is 6.54 Å². The van der Waals surface area contributed by atoms with Gasteiger partial charge in [0.25, 0.3) is 0 Å². The number of amidine groups is 1. The Bertz CT molecular complexity index is 789. The van der Waals surface area contributed by atoms with Crippen molar-refractivity contribution in [2.24, 2.45) is 10.4 Å². The van der Waals surface area contributed by atoms with Crippen molar-refractivity contribution in [1.82, 2.24) is 0 Å². The van der Waals surface area contributed by atoms with E-state index in [1.807, 2.05) is 0 Å². The lowest BCUT2D eigenvalue weighted by Gasteiger charge is -2.42. The third-order valence-electron chi connectivity index (χ3n) is 5.62. The maximum Gasteiger partial charge on any atom is 0.108 e. The summed E-state index contributed by atoms with van der Waals surface area (Å²) in [5.41, 5.74) is 5.37. The van der Waals surface area contributed by atoms with E-state index in [4.69, 9.17) is 4.99 Å². The number of hydrogen-bond acceptors (Lipinski definition) is 3. The molecule has 1 fully saturated rings. The van der Waals surface area contributed by atoms with Gasteiger partial charge in [-0.05, 0) is 60.1 Å². The van der Waals surface area contributed by atoms with E-state index in [-0.39, 0.29) is 5.41 Å². The van der Waals surface area contributed by atoms with Crippen LogP contribution in [-0.4, -0.2) is 31.4 Å². The molecule has 0 aliphatic carbocycles. The van der Waals surface area contributed by atoms with Crippen molar-refractivity contribution in [3.63, 3.8) is 0 Å². The van der Waals surface area contributed by atoms with Gasteiger partial charge in [-0.1, -0.05) is 30.3 Å². The summed E-state index contributed by atoms with van der Waals surface area (Å²) in [6.45, 7) is 0.743. The fourth-order valence-electron chi connectivity index (χ4n) is 3.96. The molecule has 136 valence electrons. The zero-order valence-electron chi connectivity index (χ0n) is 15.7. The molecule has 0 radical (unpaired) electrons. The minimum atomic E-state index is 0.198. The summed E-state index contributed by atoms with van der Waals surface area (Å²) in [6, 6.07) is 17.4. The molecule has 0 amide bonds. The first-order chi connectivity index (χ1) is 12.7. The van der Waals surface area contributed by atoms with E-state index >= 15 is 0 Å². The van der Waals surface area contributed by atoms with Crippen LogP contribution in [0.15, 0.2) is 53.5 Å². The molecule has 26 heavy (non-hydrogen) atoms. The van der Waals surface area contributed by atoms with Crippen molar-refractivity contribution in [3.05, 3.63) is 59.7 Å². The molecule has 0 bridgehead atoms. The van der Waals surface area contributed by atoms with E-state index in [0.29, 0.717) is 0 Å². The first-order valence-corrected chi connectivity index (χ1v) is 10.6. The number of fused-ring (bicyclic) bond motifs is 1. The highest BCUT2D eigenvalue weighted by atomic mass is 32.2. The molecule has 4 rings (SSSR count). The fraction of sp³-hybridized carbons (Fsp3) is 0.409. The summed E-state index contributed by atoms with van der Waals surface area (Å²) >= 11 is 2.08. The molecule has 3 nitrogen and oxygen atoms in total. The van der Waals surface area contributed by atoms with Crippen LogP contribution in [0, 0.1) is 5.41 Å². The maximum atomic E-state index is 5.09. The van der Waals surface area contributed by atoms with Gasteiger partial charge in [0.15, 0.2) is 0 Å². The number of benzene rings is 2. The number of hydrogen-bond donors (Lipinski definition) is 1. The Hall–Kier alpha value is -1.94. The highest BCUT2D eigenvalue weighted by Gasteiger charge is 2.41. The predicted octanol–water partition coefficient (Wildman–Crippen LogP) is 4.83. The van der Waals surface area contributed by atoms with E-state index in [2.05, 4.69) is 84.6 Å². The van der Waals surface area contributed by atoms with Crippen LogP contribution in [0.1, 0.15) is 24.0 Å². The molecule has 2 aromatic carbocycles. The lowest BCUT2D eigenvalue weighted by molar-refractivity contribution is 0.377. The minimum absolute atomic E-state index is 0.198. The second kappa shape index (κ2) is 7.36. The molecule has 1 N–H and O–H groups in total. The summed E-state index contributed by atoms with van der Waals surface area (Å²) in [6.07, 6.45) is 3.56. The van der Waals surface area contributed by atoms with E-state index in [9.17, 15) is 0 Å². The lowest BCUT2D eigenvalue weighted by Crippen LogP contribution is -2.44. The van der Waals surface area contributed by atoms with Crippen LogP contribution in [0.25, 0.3) is 0 Å². The molecular formula is C22H27N3S. The topological polar surface area (TPSA) is 27.6 Å². The van der Waals surface area contributed by atoms with Gasteiger partial charge in [0, 0.05) is 30.9 Å². The van der Waals surface area contributed by atoms with Crippen molar-refractivity contribution < 1.29 is 0 Å². The number of aliphatic imine (C=N–C) groups is 1. The number of nitrogens with zero attached hydrogens (tertiary/aromatic N) is 2. The van der Waals surface area contributed by atoms with Crippen molar-refractivity contribution in [2.45, 2.75) is 25.8 Å². The van der Waals surface area contributed by atoms with Gasteiger partial charge in [-0.3, -0.25) is 4.99 Å². The first kappa shape index (κ1) is 17.5. The van der Waals surface area contributed by atoms with Crippen molar-refractivity contribution >= 4 is 29.0 Å². The Morgan fingerprint density at radius 1 is 1.04 bits per heavy atom. The summed E-state index contributed by atoms with van der Waals surface area (Å²) in [4.78, 5) is 7.22. The second-order valence-corrected chi connectivity index (χ2v) is 8.80. The number of nitrogens with one attached hydrogen (secondary N) is 1. The third kappa shape index (κ3) is 3.48. The number of rotatable bonds is 3. The predicted molar refractivity (Wildman–Crippen MR) is 115 cm³/mol. The second-order valence-electron chi connectivity index (χ2n) is 7.58. The van der Waals surface area contributed by atoms with Gasteiger partial charge >= 0.3 is 0 Å². The van der Waals surface area contributed by atoms with E-state index in [1.165, 1.54) is 52.7 Å². The molecule has 1 saturated heterocycles. The summed E-state index contributed by atoms with van der Waals surface area (Å²) in [5, 5.41) is 3.69. The van der Waals surface area contributed by atoms with E-state index < -0.39 is 0 Å². The summed E-state index contributed by atoms with van der Waals surface area (Å²) in [7, 11) is 4.15. The zero-order valence-corrected chi connectivity index (χ0v) is 16.5. The monoisotopic (exact) mass is 365 g/mol. The largest absolute Gasteiger partial charge is 0.378 e. The molecule has 2 heterocycles. The molecule has 0 aromatic heterocycles. The smallest absolute Gasteiger partial charge is 0.108 e. The Labute approximate surface area is 160 Å². The third-order valence-corrected chi connectivity index (χ3v) is 6.61. The normalized spacial score (nSPS) is 19.8. The SMILES string of the molecule is CN(C)c1ccc(CN=C2Nc3ccccc3CC23CCSCC3)cc1. The van der Waals surface area contributed by atoms with Crippen LogP contribution in [0.3, 0.4) is 0 Å². The van der Waals surface area contributed by atoms with E-state index in [0.717, 1.165) is 13.0 Å². The van der Waals surface area contributed by atoms with Crippen LogP contribution in [0.5, 0.6) is 0 Å². The standard InChI is InChI=1S/C22H27N3S/c1-25(2)19-9-7-17(8-10-19)16-23-21-22(11-13-26-14-12-22)15-18-5-3-4-6-20(18)24-21/h3-10H,11-16H2,1-2H3,(H,23,24). The first-order valence-electron chi connectivity index (χ1n) is 9.40. The average Bonchev–Trinajstić information content (AvgIpc) is 2.67. The van der Waals surface area contributed by atoms with Crippen molar-refractivity contribution in [2.75, 3.05) is 35.8 Å². The van der Waals surface area contributed by atoms with Crippen LogP contribution >= 0.6 is 11.8 Å². The Kier molecular flexibility index (Phi) is 4.94. The fourth-order valence-corrected chi connectivity index (χ4v) is 5.23. The van der Waals surface area contributed by atoms with Crippen molar-refractivity contribution in [1.29, 1.82) is 0 Å². The van der Waals surface area contributed by atoms with Crippen LogP contribution < -0.4 is 10.2 Å². The molecule has 1 spiro atoms. The lowest BCUT2D eigenvalue weighted by atomic mass is 9.73. The summed E-state index contributed by atoms with van der Waals surface area (Å²) in [5.74, 6) is 3.68. The van der Waals surface area contributed by atoms with Gasteiger partial charge in [0.2, 0.25) is 0 Å². The Morgan fingerprint density at radius 3 is 2.50 bits per heavy atom. The number of anilines is 2. The molecule has 0 unspecified atom stereocenters. The number of thioether (sulfide) groups is 1. The van der Waals surface area contributed by atoms with Crippen LogP contribution in [0.4, 0.5) is 11.4 Å². The highest BCUT2D eigenvalue weighted by molar-refractivity contribution is 7.99. The molecule has 2 aliphatic rings. The minimum Gasteiger partial charge on any atom is -0.378 e. The van der Waals surface area contributed by atoms with Gasteiger partial charge in [0.1, 0.15) is 5.84 Å². The number of para-hydroxylation sites is 1. The maximum absolute atomic E-state index is 5.09.